The number of amides is 1. The van der Waals surface area contributed by atoms with Crippen LogP contribution in [0.15, 0.2) is 54.9 Å². The number of hydrogen-bond donors (Lipinski definition) is 2. The first-order chi connectivity index (χ1) is 13.2. The molecule has 1 aromatic carbocycles. The fourth-order valence-electron chi connectivity index (χ4n) is 3.80. The molecule has 0 radical (unpaired) electrons. The molecule has 1 aliphatic heterocycles. The number of hydrogen-bond acceptors (Lipinski definition) is 4. The van der Waals surface area contributed by atoms with Gasteiger partial charge < -0.3 is 10.6 Å². The van der Waals surface area contributed by atoms with Crippen molar-refractivity contribution in [3.8, 4) is 11.1 Å². The lowest BCUT2D eigenvalue weighted by molar-refractivity contribution is -0.132. The van der Waals surface area contributed by atoms with Crippen molar-refractivity contribution in [1.82, 2.24) is 20.1 Å². The SMILES string of the molecule is Nc1cc(-c2cn[nH]c2[C@@H]2CCCN2C(=O)CCc2ccccc2)ccn1. The van der Waals surface area contributed by atoms with E-state index in [0.717, 1.165) is 42.6 Å². The maximum Gasteiger partial charge on any atom is 0.223 e. The Morgan fingerprint density at radius 2 is 2.11 bits per heavy atom. The van der Waals surface area contributed by atoms with Gasteiger partial charge >= 0.3 is 0 Å². The Labute approximate surface area is 158 Å². The molecule has 0 unspecified atom stereocenters. The fourth-order valence-corrected chi connectivity index (χ4v) is 3.80. The van der Waals surface area contributed by atoms with Gasteiger partial charge in [-0.15, -0.1) is 0 Å². The van der Waals surface area contributed by atoms with E-state index < -0.39 is 0 Å². The molecule has 1 fully saturated rings. The zero-order valence-corrected chi connectivity index (χ0v) is 15.1. The van der Waals surface area contributed by atoms with Gasteiger partial charge in [0, 0.05) is 24.7 Å². The van der Waals surface area contributed by atoms with Crippen LogP contribution in [0.25, 0.3) is 11.1 Å². The molecule has 138 valence electrons. The van der Waals surface area contributed by atoms with Gasteiger partial charge in [-0.05, 0) is 42.5 Å². The van der Waals surface area contributed by atoms with E-state index in [4.69, 9.17) is 5.73 Å². The Kier molecular flexibility index (Phi) is 4.87. The van der Waals surface area contributed by atoms with Crippen molar-refractivity contribution in [2.24, 2.45) is 0 Å². The molecular formula is C21H23N5O. The van der Waals surface area contributed by atoms with Crippen molar-refractivity contribution in [2.75, 3.05) is 12.3 Å². The summed E-state index contributed by atoms with van der Waals surface area (Å²) < 4.78 is 0. The number of likely N-dealkylation sites (tertiary alicyclic amines) is 1. The Morgan fingerprint density at radius 3 is 2.93 bits per heavy atom. The number of H-pyrrole nitrogens is 1. The minimum atomic E-state index is 0.0279. The first-order valence-electron chi connectivity index (χ1n) is 9.31. The van der Waals surface area contributed by atoms with Gasteiger partial charge in [0.25, 0.3) is 0 Å². The van der Waals surface area contributed by atoms with Crippen molar-refractivity contribution >= 4 is 11.7 Å². The summed E-state index contributed by atoms with van der Waals surface area (Å²) in [5, 5.41) is 7.36. The number of nitrogen functional groups attached to an aromatic ring is 1. The molecule has 4 rings (SSSR count). The van der Waals surface area contributed by atoms with Gasteiger partial charge in [0.05, 0.1) is 17.9 Å². The molecule has 1 saturated heterocycles. The van der Waals surface area contributed by atoms with Crippen molar-refractivity contribution in [3.63, 3.8) is 0 Å². The van der Waals surface area contributed by atoms with Crippen LogP contribution in [-0.2, 0) is 11.2 Å². The number of carbonyl (C=O) groups excluding carboxylic acids is 1. The van der Waals surface area contributed by atoms with Crippen LogP contribution in [0.4, 0.5) is 5.82 Å². The van der Waals surface area contributed by atoms with E-state index in [1.54, 1.807) is 12.4 Å². The van der Waals surface area contributed by atoms with Crippen LogP contribution in [-0.4, -0.2) is 32.5 Å². The highest BCUT2D eigenvalue weighted by Crippen LogP contribution is 2.37. The highest BCUT2D eigenvalue weighted by atomic mass is 16.2. The zero-order chi connectivity index (χ0) is 18.6. The van der Waals surface area contributed by atoms with E-state index in [0.29, 0.717) is 12.2 Å². The molecule has 6 heteroatoms. The molecule has 1 aliphatic rings. The molecule has 3 heterocycles. The van der Waals surface area contributed by atoms with Gasteiger partial charge in [0.1, 0.15) is 5.82 Å². The number of aromatic nitrogens is 3. The number of anilines is 1. The smallest absolute Gasteiger partial charge is 0.223 e. The van der Waals surface area contributed by atoms with Crippen LogP contribution in [0, 0.1) is 0 Å². The third-order valence-electron chi connectivity index (χ3n) is 5.14. The zero-order valence-electron chi connectivity index (χ0n) is 15.1. The molecule has 1 atom stereocenters. The third kappa shape index (κ3) is 3.69. The second kappa shape index (κ2) is 7.61. The van der Waals surface area contributed by atoms with Crippen LogP contribution in [0.3, 0.4) is 0 Å². The van der Waals surface area contributed by atoms with Crippen molar-refractivity contribution < 1.29 is 4.79 Å². The molecule has 0 spiro atoms. The number of carbonyl (C=O) groups is 1. The quantitative estimate of drug-likeness (QED) is 0.729. The number of aromatic amines is 1. The monoisotopic (exact) mass is 361 g/mol. The van der Waals surface area contributed by atoms with Gasteiger partial charge in [-0.2, -0.15) is 5.10 Å². The molecule has 0 bridgehead atoms. The number of pyridine rings is 1. The van der Waals surface area contributed by atoms with Crippen LogP contribution in [0.2, 0.25) is 0 Å². The minimum absolute atomic E-state index is 0.0279. The van der Waals surface area contributed by atoms with Gasteiger partial charge in [-0.3, -0.25) is 9.89 Å². The predicted octanol–water partition coefficient (Wildman–Crippen LogP) is 3.35. The van der Waals surface area contributed by atoms with E-state index in [-0.39, 0.29) is 11.9 Å². The van der Waals surface area contributed by atoms with Crippen LogP contribution in [0.5, 0.6) is 0 Å². The average molecular weight is 361 g/mol. The van der Waals surface area contributed by atoms with Crippen molar-refractivity contribution in [2.45, 2.75) is 31.7 Å². The standard InChI is InChI=1S/C21H23N5O/c22-19-13-16(10-11-23-19)17-14-24-25-21(17)18-7-4-12-26(18)20(27)9-8-15-5-2-1-3-6-15/h1-3,5-6,10-11,13-14,18H,4,7-9,12H2,(H2,22,23)(H,24,25)/t18-/m0/s1. The molecule has 6 nitrogen and oxygen atoms in total. The van der Waals surface area contributed by atoms with E-state index in [1.165, 1.54) is 5.56 Å². The summed E-state index contributed by atoms with van der Waals surface area (Å²) in [6.07, 6.45) is 6.71. The fraction of sp³-hybridized carbons (Fsp3) is 0.286. The summed E-state index contributed by atoms with van der Waals surface area (Å²) in [5.74, 6) is 0.665. The number of nitrogens with one attached hydrogen (secondary N) is 1. The molecule has 0 aliphatic carbocycles. The number of rotatable bonds is 5. The summed E-state index contributed by atoms with van der Waals surface area (Å²) in [7, 11) is 0. The number of benzene rings is 1. The van der Waals surface area contributed by atoms with Gasteiger partial charge in [-0.25, -0.2) is 4.98 Å². The van der Waals surface area contributed by atoms with Gasteiger partial charge in [-0.1, -0.05) is 30.3 Å². The number of aryl methyl sites for hydroxylation is 1. The van der Waals surface area contributed by atoms with E-state index >= 15 is 0 Å². The van der Waals surface area contributed by atoms with Crippen molar-refractivity contribution in [3.05, 3.63) is 66.1 Å². The molecule has 3 aromatic rings. The second-order valence-corrected chi connectivity index (χ2v) is 6.90. The van der Waals surface area contributed by atoms with Crippen LogP contribution < -0.4 is 5.73 Å². The van der Waals surface area contributed by atoms with Gasteiger partial charge in [0.2, 0.25) is 5.91 Å². The van der Waals surface area contributed by atoms with Crippen LogP contribution >= 0.6 is 0 Å². The van der Waals surface area contributed by atoms with Crippen molar-refractivity contribution in [1.29, 1.82) is 0 Å². The maximum absolute atomic E-state index is 12.9. The van der Waals surface area contributed by atoms with Crippen LogP contribution in [0.1, 0.15) is 36.6 Å². The summed E-state index contributed by atoms with van der Waals surface area (Å²) in [6, 6.07) is 13.9. The average Bonchev–Trinajstić information content (AvgIpc) is 3.36. The first kappa shape index (κ1) is 17.3. The molecular weight excluding hydrogens is 338 g/mol. The molecule has 3 N–H and O–H groups in total. The van der Waals surface area contributed by atoms with Gasteiger partial charge in [0.15, 0.2) is 0 Å². The first-order valence-corrected chi connectivity index (χ1v) is 9.31. The molecule has 0 saturated carbocycles. The van der Waals surface area contributed by atoms with E-state index in [9.17, 15) is 4.79 Å². The summed E-state index contributed by atoms with van der Waals surface area (Å²) >= 11 is 0. The predicted molar refractivity (Wildman–Crippen MR) is 105 cm³/mol. The second-order valence-electron chi connectivity index (χ2n) is 6.90. The lowest BCUT2D eigenvalue weighted by Gasteiger charge is -2.25. The number of nitrogens with two attached hydrogens (primary N) is 1. The Bertz CT molecular complexity index is 921. The lowest BCUT2D eigenvalue weighted by atomic mass is 10.0. The molecule has 1 amide bonds. The third-order valence-corrected chi connectivity index (χ3v) is 5.14. The Balaban J connectivity index is 1.52. The topological polar surface area (TPSA) is 87.9 Å². The number of nitrogens with zero attached hydrogens (tertiary/aromatic N) is 3. The summed E-state index contributed by atoms with van der Waals surface area (Å²) in [4.78, 5) is 18.9. The molecule has 2 aromatic heterocycles. The highest BCUT2D eigenvalue weighted by Gasteiger charge is 2.32. The summed E-state index contributed by atoms with van der Waals surface area (Å²) in [5.41, 5.74) is 9.95. The Morgan fingerprint density at radius 1 is 1.26 bits per heavy atom. The normalized spacial score (nSPS) is 16.6. The van der Waals surface area contributed by atoms with E-state index in [1.807, 2.05) is 35.2 Å². The lowest BCUT2D eigenvalue weighted by Crippen LogP contribution is -2.31. The minimum Gasteiger partial charge on any atom is -0.384 e. The highest BCUT2D eigenvalue weighted by molar-refractivity contribution is 5.78. The Hall–Kier alpha value is -3.15. The largest absolute Gasteiger partial charge is 0.384 e. The summed E-state index contributed by atoms with van der Waals surface area (Å²) in [6.45, 7) is 0.787. The molecule has 27 heavy (non-hydrogen) atoms. The van der Waals surface area contributed by atoms with E-state index in [2.05, 4.69) is 27.3 Å². The maximum atomic E-state index is 12.9.